The number of ether oxygens (including phenoxy) is 2. The number of para-hydroxylation sites is 1. The number of hydrogen-bond acceptors (Lipinski definition) is 5. The number of hydrogen-bond donors (Lipinski definition) is 0. The van der Waals surface area contributed by atoms with Gasteiger partial charge < -0.3 is 13.7 Å². The third-order valence-electron chi connectivity index (χ3n) is 2.99. The minimum Gasteiger partial charge on any atom is -0.493 e. The van der Waals surface area contributed by atoms with Crippen LogP contribution in [0.2, 0.25) is 0 Å². The zero-order chi connectivity index (χ0) is 16.3. The van der Waals surface area contributed by atoms with Crippen molar-refractivity contribution in [3.63, 3.8) is 0 Å². The summed E-state index contributed by atoms with van der Waals surface area (Å²) in [7, 11) is -1.36. The molecule has 0 saturated carbocycles. The average Bonchev–Trinajstić information content (AvgIpc) is 2.48. The minimum atomic E-state index is -4.20. The molecule has 0 N–H and O–H groups in total. The van der Waals surface area contributed by atoms with E-state index in [1.165, 1.54) is 44.6 Å². The maximum absolute atomic E-state index is 13.6. The Labute approximate surface area is 128 Å². The van der Waals surface area contributed by atoms with Crippen LogP contribution >= 0.6 is 0 Å². The highest BCUT2D eigenvalue weighted by atomic mass is 32.2. The smallest absolute Gasteiger partial charge is 0.339 e. The van der Waals surface area contributed by atoms with Gasteiger partial charge in [0, 0.05) is 6.07 Å². The van der Waals surface area contributed by atoms with E-state index >= 15 is 0 Å². The Morgan fingerprint density at radius 1 is 0.955 bits per heavy atom. The summed E-state index contributed by atoms with van der Waals surface area (Å²) in [5, 5.41) is 0. The van der Waals surface area contributed by atoms with Crippen LogP contribution in [0.3, 0.4) is 0 Å². The van der Waals surface area contributed by atoms with E-state index < -0.39 is 15.9 Å². The van der Waals surface area contributed by atoms with Crippen molar-refractivity contribution < 1.29 is 26.5 Å². The van der Waals surface area contributed by atoms with Gasteiger partial charge in [-0.25, -0.2) is 4.39 Å². The zero-order valence-electron chi connectivity index (χ0n) is 12.3. The highest BCUT2D eigenvalue weighted by molar-refractivity contribution is 7.87. The fourth-order valence-electron chi connectivity index (χ4n) is 1.91. The van der Waals surface area contributed by atoms with E-state index in [9.17, 15) is 12.8 Å². The molecule has 0 aliphatic rings. The topological polar surface area (TPSA) is 61.8 Å². The van der Waals surface area contributed by atoms with Crippen molar-refractivity contribution in [1.29, 1.82) is 0 Å². The van der Waals surface area contributed by atoms with Crippen LogP contribution in [-0.4, -0.2) is 22.6 Å². The van der Waals surface area contributed by atoms with E-state index in [1.54, 1.807) is 6.92 Å². The molecular weight excluding hydrogens is 311 g/mol. The molecule has 0 atom stereocenters. The van der Waals surface area contributed by atoms with E-state index in [0.29, 0.717) is 11.3 Å². The molecule has 0 spiro atoms. The molecule has 2 aromatic rings. The van der Waals surface area contributed by atoms with Crippen LogP contribution in [0.5, 0.6) is 17.2 Å². The SMILES string of the molecule is COc1cc(C)c(S(=O)(=O)Oc2ccccc2F)cc1OC. The summed E-state index contributed by atoms with van der Waals surface area (Å²) in [6, 6.07) is 8.07. The largest absolute Gasteiger partial charge is 0.493 e. The number of benzene rings is 2. The van der Waals surface area contributed by atoms with Crippen LogP contribution in [-0.2, 0) is 10.1 Å². The van der Waals surface area contributed by atoms with Crippen molar-refractivity contribution in [3.05, 3.63) is 47.8 Å². The summed E-state index contributed by atoms with van der Waals surface area (Å²) >= 11 is 0. The molecule has 0 unspecified atom stereocenters. The molecule has 0 fully saturated rings. The lowest BCUT2D eigenvalue weighted by Gasteiger charge is -2.13. The Balaban J connectivity index is 2.48. The van der Waals surface area contributed by atoms with Crippen molar-refractivity contribution in [2.45, 2.75) is 11.8 Å². The van der Waals surface area contributed by atoms with Gasteiger partial charge in [-0.05, 0) is 30.7 Å². The molecule has 0 aliphatic carbocycles. The second-order valence-electron chi connectivity index (χ2n) is 4.44. The Kier molecular flexibility index (Phi) is 4.56. The first kappa shape index (κ1) is 16.1. The molecule has 0 radical (unpaired) electrons. The highest BCUT2D eigenvalue weighted by Crippen LogP contribution is 2.33. The summed E-state index contributed by atoms with van der Waals surface area (Å²) in [6.45, 7) is 1.58. The van der Waals surface area contributed by atoms with Crippen molar-refractivity contribution in [1.82, 2.24) is 0 Å². The molecule has 5 nitrogen and oxygen atoms in total. The van der Waals surface area contributed by atoms with Crippen molar-refractivity contribution in [2.24, 2.45) is 0 Å². The van der Waals surface area contributed by atoms with Gasteiger partial charge in [0.15, 0.2) is 23.1 Å². The quantitative estimate of drug-likeness (QED) is 0.791. The van der Waals surface area contributed by atoms with Crippen LogP contribution < -0.4 is 13.7 Å². The van der Waals surface area contributed by atoms with E-state index in [0.717, 1.165) is 6.07 Å². The van der Waals surface area contributed by atoms with Crippen LogP contribution in [0.4, 0.5) is 4.39 Å². The molecule has 0 aliphatic heterocycles. The standard InChI is InChI=1S/C15H15FO5S/c1-10-8-13(19-2)14(20-3)9-15(10)22(17,18)21-12-7-5-4-6-11(12)16/h4-9H,1-3H3. The summed E-state index contributed by atoms with van der Waals surface area (Å²) < 4.78 is 53.3. The highest BCUT2D eigenvalue weighted by Gasteiger charge is 2.23. The molecule has 118 valence electrons. The summed E-state index contributed by atoms with van der Waals surface area (Å²) in [5.41, 5.74) is 0.397. The van der Waals surface area contributed by atoms with Crippen molar-refractivity contribution in [2.75, 3.05) is 14.2 Å². The number of methoxy groups -OCH3 is 2. The molecule has 2 rings (SSSR count). The lowest BCUT2D eigenvalue weighted by Crippen LogP contribution is -2.12. The molecule has 7 heteroatoms. The molecule has 0 aromatic heterocycles. The molecule has 2 aromatic carbocycles. The number of rotatable bonds is 5. The second-order valence-corrected chi connectivity index (χ2v) is 5.96. The third kappa shape index (κ3) is 3.14. The van der Waals surface area contributed by atoms with E-state index in [-0.39, 0.29) is 16.4 Å². The van der Waals surface area contributed by atoms with Gasteiger partial charge in [-0.15, -0.1) is 0 Å². The molecule has 0 bridgehead atoms. The fraction of sp³-hybridized carbons (Fsp3) is 0.200. The van der Waals surface area contributed by atoms with Crippen LogP contribution in [0.25, 0.3) is 0 Å². The third-order valence-corrected chi connectivity index (χ3v) is 4.36. The van der Waals surface area contributed by atoms with Gasteiger partial charge in [0.05, 0.1) is 14.2 Å². The normalized spacial score (nSPS) is 11.1. The van der Waals surface area contributed by atoms with Crippen LogP contribution in [0.15, 0.2) is 41.3 Å². The molecular formula is C15H15FO5S. The van der Waals surface area contributed by atoms with Gasteiger partial charge in [0.25, 0.3) is 0 Å². The molecule has 22 heavy (non-hydrogen) atoms. The van der Waals surface area contributed by atoms with Gasteiger partial charge in [-0.2, -0.15) is 8.42 Å². The molecule has 0 heterocycles. The van der Waals surface area contributed by atoms with Gasteiger partial charge in [0.2, 0.25) is 0 Å². The predicted octanol–water partition coefficient (Wildman–Crippen LogP) is 2.92. The maximum atomic E-state index is 13.6. The lowest BCUT2D eigenvalue weighted by molar-refractivity contribution is 0.353. The van der Waals surface area contributed by atoms with Gasteiger partial charge in [-0.1, -0.05) is 12.1 Å². The van der Waals surface area contributed by atoms with Crippen LogP contribution in [0, 0.1) is 12.7 Å². The van der Waals surface area contributed by atoms with Crippen molar-refractivity contribution >= 4 is 10.1 Å². The Bertz CT molecular complexity index is 787. The number of halogens is 1. The Hall–Kier alpha value is -2.28. The van der Waals surface area contributed by atoms with Crippen LogP contribution in [0.1, 0.15) is 5.56 Å². The van der Waals surface area contributed by atoms with Gasteiger partial charge >= 0.3 is 10.1 Å². The second kappa shape index (κ2) is 6.23. The Morgan fingerprint density at radius 3 is 2.14 bits per heavy atom. The minimum absolute atomic E-state index is 0.117. The van der Waals surface area contributed by atoms with E-state index in [1.807, 2.05) is 0 Å². The van der Waals surface area contributed by atoms with E-state index in [2.05, 4.69) is 0 Å². The first-order valence-corrected chi connectivity index (χ1v) is 7.71. The summed E-state index contributed by atoms with van der Waals surface area (Å²) in [6.07, 6.45) is 0. The monoisotopic (exact) mass is 326 g/mol. The summed E-state index contributed by atoms with van der Waals surface area (Å²) in [5.74, 6) is -0.491. The maximum Gasteiger partial charge on any atom is 0.339 e. The molecule has 0 amide bonds. The van der Waals surface area contributed by atoms with Gasteiger partial charge in [0.1, 0.15) is 4.90 Å². The Morgan fingerprint density at radius 2 is 1.55 bits per heavy atom. The van der Waals surface area contributed by atoms with Gasteiger partial charge in [-0.3, -0.25) is 0 Å². The number of aryl methyl sites for hydroxylation is 1. The average molecular weight is 326 g/mol. The van der Waals surface area contributed by atoms with E-state index in [4.69, 9.17) is 13.7 Å². The first-order valence-electron chi connectivity index (χ1n) is 6.30. The molecule has 0 saturated heterocycles. The lowest BCUT2D eigenvalue weighted by atomic mass is 10.2. The summed E-state index contributed by atoms with van der Waals surface area (Å²) in [4.78, 5) is -0.117. The van der Waals surface area contributed by atoms with Crippen molar-refractivity contribution in [3.8, 4) is 17.2 Å². The zero-order valence-corrected chi connectivity index (χ0v) is 13.1. The fourth-order valence-corrected chi connectivity index (χ4v) is 3.07. The predicted molar refractivity (Wildman–Crippen MR) is 78.5 cm³/mol. The first-order chi connectivity index (χ1) is 10.4.